The first-order chi connectivity index (χ1) is 9.97. The third-order valence-corrected chi connectivity index (χ3v) is 4.09. The number of amides is 1. The fourth-order valence-corrected chi connectivity index (χ4v) is 3.40. The summed E-state index contributed by atoms with van der Waals surface area (Å²) in [7, 11) is 0. The van der Waals surface area contributed by atoms with E-state index in [0.717, 1.165) is 30.9 Å². The lowest BCUT2D eigenvalue weighted by molar-refractivity contribution is 0.0911. The van der Waals surface area contributed by atoms with Gasteiger partial charge in [-0.2, -0.15) is 0 Å². The molecule has 1 aliphatic rings. The SMILES string of the molecule is CCNc1cc(C(=O)NC2CC(C)CC(C)C2)cc(C)n1. The van der Waals surface area contributed by atoms with Crippen molar-refractivity contribution in [1.82, 2.24) is 10.3 Å². The smallest absolute Gasteiger partial charge is 0.251 e. The van der Waals surface area contributed by atoms with Gasteiger partial charge in [-0.05, 0) is 57.1 Å². The van der Waals surface area contributed by atoms with E-state index in [1.807, 2.05) is 26.0 Å². The number of aromatic nitrogens is 1. The molecule has 0 spiro atoms. The van der Waals surface area contributed by atoms with Gasteiger partial charge >= 0.3 is 0 Å². The Hall–Kier alpha value is -1.58. The van der Waals surface area contributed by atoms with Crippen LogP contribution < -0.4 is 10.6 Å². The third-order valence-electron chi connectivity index (χ3n) is 4.09. The molecule has 2 N–H and O–H groups in total. The summed E-state index contributed by atoms with van der Waals surface area (Å²) in [6.45, 7) is 9.29. The monoisotopic (exact) mass is 289 g/mol. The van der Waals surface area contributed by atoms with Crippen molar-refractivity contribution in [1.29, 1.82) is 0 Å². The quantitative estimate of drug-likeness (QED) is 0.893. The van der Waals surface area contributed by atoms with E-state index in [1.165, 1.54) is 6.42 Å². The summed E-state index contributed by atoms with van der Waals surface area (Å²) in [5, 5.41) is 6.37. The maximum absolute atomic E-state index is 12.5. The zero-order valence-corrected chi connectivity index (χ0v) is 13.6. The van der Waals surface area contributed by atoms with Gasteiger partial charge in [-0.1, -0.05) is 13.8 Å². The Kier molecular flexibility index (Phi) is 5.21. The lowest BCUT2D eigenvalue weighted by Crippen LogP contribution is -2.40. The highest BCUT2D eigenvalue weighted by Gasteiger charge is 2.25. The summed E-state index contributed by atoms with van der Waals surface area (Å²) in [5.74, 6) is 2.17. The van der Waals surface area contributed by atoms with Gasteiger partial charge in [0.1, 0.15) is 5.82 Å². The molecule has 0 aliphatic heterocycles. The maximum Gasteiger partial charge on any atom is 0.251 e. The van der Waals surface area contributed by atoms with Gasteiger partial charge in [-0.15, -0.1) is 0 Å². The first kappa shape index (κ1) is 15.8. The fraction of sp³-hybridized carbons (Fsp3) is 0.647. The van der Waals surface area contributed by atoms with Crippen molar-refractivity contribution in [3.05, 3.63) is 23.4 Å². The molecule has 2 unspecified atom stereocenters. The zero-order chi connectivity index (χ0) is 15.4. The molecule has 1 aromatic heterocycles. The molecule has 2 atom stereocenters. The average molecular weight is 289 g/mol. The second kappa shape index (κ2) is 6.92. The molecule has 1 aromatic rings. The van der Waals surface area contributed by atoms with Crippen molar-refractivity contribution in [3.8, 4) is 0 Å². The molecular formula is C17H27N3O. The molecule has 0 radical (unpaired) electrons. The van der Waals surface area contributed by atoms with Crippen molar-refractivity contribution in [2.24, 2.45) is 11.8 Å². The van der Waals surface area contributed by atoms with E-state index >= 15 is 0 Å². The molecule has 21 heavy (non-hydrogen) atoms. The minimum absolute atomic E-state index is 0.0194. The molecular weight excluding hydrogens is 262 g/mol. The number of pyridine rings is 1. The summed E-state index contributed by atoms with van der Waals surface area (Å²) in [6.07, 6.45) is 3.44. The largest absolute Gasteiger partial charge is 0.370 e. The van der Waals surface area contributed by atoms with E-state index in [2.05, 4.69) is 29.5 Å². The third kappa shape index (κ3) is 4.45. The summed E-state index contributed by atoms with van der Waals surface area (Å²) in [6, 6.07) is 3.99. The van der Waals surface area contributed by atoms with Crippen LogP contribution in [0.1, 0.15) is 56.1 Å². The predicted octanol–water partition coefficient (Wildman–Crippen LogP) is 3.38. The van der Waals surface area contributed by atoms with E-state index in [9.17, 15) is 4.79 Å². The van der Waals surface area contributed by atoms with Crippen LogP contribution in [0.15, 0.2) is 12.1 Å². The highest BCUT2D eigenvalue weighted by molar-refractivity contribution is 5.95. The number of carbonyl (C=O) groups is 1. The number of carbonyl (C=O) groups excluding carboxylic acids is 1. The van der Waals surface area contributed by atoms with E-state index in [4.69, 9.17) is 0 Å². The van der Waals surface area contributed by atoms with Gasteiger partial charge in [0, 0.05) is 23.8 Å². The van der Waals surface area contributed by atoms with Gasteiger partial charge in [0.25, 0.3) is 5.91 Å². The van der Waals surface area contributed by atoms with Gasteiger partial charge in [0.05, 0.1) is 0 Å². The van der Waals surface area contributed by atoms with Gasteiger partial charge in [-0.25, -0.2) is 4.98 Å². The molecule has 1 saturated carbocycles. The zero-order valence-electron chi connectivity index (χ0n) is 13.6. The summed E-state index contributed by atoms with van der Waals surface area (Å²) >= 11 is 0. The highest BCUT2D eigenvalue weighted by Crippen LogP contribution is 2.28. The number of aryl methyl sites for hydroxylation is 1. The van der Waals surface area contributed by atoms with Crippen LogP contribution in [0.2, 0.25) is 0 Å². The molecule has 1 amide bonds. The standard InChI is InChI=1S/C17H27N3O/c1-5-18-16-10-14(9-13(4)19-16)17(21)20-15-7-11(2)6-12(3)8-15/h9-12,15H,5-8H2,1-4H3,(H,18,19)(H,20,21). The van der Waals surface area contributed by atoms with E-state index in [1.54, 1.807) is 0 Å². The molecule has 116 valence electrons. The molecule has 4 nitrogen and oxygen atoms in total. The van der Waals surface area contributed by atoms with Crippen LogP contribution in [-0.2, 0) is 0 Å². The number of nitrogens with one attached hydrogen (secondary N) is 2. The van der Waals surface area contributed by atoms with Crippen molar-refractivity contribution >= 4 is 11.7 Å². The van der Waals surface area contributed by atoms with Gasteiger partial charge in [0.2, 0.25) is 0 Å². The first-order valence-corrected chi connectivity index (χ1v) is 8.01. The van der Waals surface area contributed by atoms with Crippen LogP contribution in [0.5, 0.6) is 0 Å². The van der Waals surface area contributed by atoms with Crippen LogP contribution in [0.4, 0.5) is 5.82 Å². The lowest BCUT2D eigenvalue weighted by Gasteiger charge is -2.32. The van der Waals surface area contributed by atoms with Crippen LogP contribution in [-0.4, -0.2) is 23.5 Å². The summed E-state index contributed by atoms with van der Waals surface area (Å²) < 4.78 is 0. The average Bonchev–Trinajstić information content (AvgIpc) is 2.37. The van der Waals surface area contributed by atoms with Crippen LogP contribution in [0.25, 0.3) is 0 Å². The molecule has 1 heterocycles. The van der Waals surface area contributed by atoms with Crippen molar-refractivity contribution in [2.45, 2.75) is 53.0 Å². The number of anilines is 1. The predicted molar refractivity (Wildman–Crippen MR) is 86.6 cm³/mol. The molecule has 2 rings (SSSR count). The number of hydrogen-bond donors (Lipinski definition) is 2. The van der Waals surface area contributed by atoms with E-state index in [-0.39, 0.29) is 5.91 Å². The van der Waals surface area contributed by atoms with Crippen molar-refractivity contribution < 1.29 is 4.79 Å². The topological polar surface area (TPSA) is 54.0 Å². The van der Waals surface area contributed by atoms with Crippen molar-refractivity contribution in [2.75, 3.05) is 11.9 Å². The normalized spacial score (nSPS) is 25.4. The van der Waals surface area contributed by atoms with Crippen LogP contribution >= 0.6 is 0 Å². The Morgan fingerprint density at radius 3 is 2.52 bits per heavy atom. The lowest BCUT2D eigenvalue weighted by atomic mass is 9.80. The van der Waals surface area contributed by atoms with Gasteiger partial charge < -0.3 is 10.6 Å². The van der Waals surface area contributed by atoms with E-state index in [0.29, 0.717) is 23.4 Å². The Bertz CT molecular complexity index is 491. The molecule has 0 saturated heterocycles. The Labute approximate surface area is 127 Å². The Morgan fingerprint density at radius 2 is 1.90 bits per heavy atom. The number of hydrogen-bond acceptors (Lipinski definition) is 3. The molecule has 1 aliphatic carbocycles. The van der Waals surface area contributed by atoms with Gasteiger partial charge in [-0.3, -0.25) is 4.79 Å². The summed E-state index contributed by atoms with van der Waals surface area (Å²) in [4.78, 5) is 16.9. The Morgan fingerprint density at radius 1 is 1.24 bits per heavy atom. The first-order valence-electron chi connectivity index (χ1n) is 8.01. The van der Waals surface area contributed by atoms with E-state index < -0.39 is 0 Å². The van der Waals surface area contributed by atoms with Crippen LogP contribution in [0.3, 0.4) is 0 Å². The molecule has 0 bridgehead atoms. The summed E-state index contributed by atoms with van der Waals surface area (Å²) in [5.41, 5.74) is 1.56. The molecule has 1 fully saturated rings. The van der Waals surface area contributed by atoms with Crippen LogP contribution in [0, 0.1) is 18.8 Å². The number of nitrogens with zero attached hydrogens (tertiary/aromatic N) is 1. The van der Waals surface area contributed by atoms with Gasteiger partial charge in [0.15, 0.2) is 0 Å². The maximum atomic E-state index is 12.5. The minimum atomic E-state index is 0.0194. The highest BCUT2D eigenvalue weighted by atomic mass is 16.1. The Balaban J connectivity index is 2.06. The number of rotatable bonds is 4. The fourth-order valence-electron chi connectivity index (χ4n) is 3.40. The molecule has 4 heteroatoms. The minimum Gasteiger partial charge on any atom is -0.370 e. The molecule has 0 aromatic carbocycles. The second-order valence-electron chi connectivity index (χ2n) is 6.50. The van der Waals surface area contributed by atoms with Crippen molar-refractivity contribution in [3.63, 3.8) is 0 Å². The second-order valence-corrected chi connectivity index (χ2v) is 6.50.